The maximum atomic E-state index is 11.9. The highest BCUT2D eigenvalue weighted by atomic mass is 16.4. The molecule has 0 unspecified atom stereocenters. The van der Waals surface area contributed by atoms with Gasteiger partial charge in [0.2, 0.25) is 5.78 Å². The second-order valence-electron chi connectivity index (χ2n) is 4.69. The quantitative estimate of drug-likeness (QED) is 0.493. The number of aliphatic carboxylic acids is 1. The van der Waals surface area contributed by atoms with Crippen molar-refractivity contribution in [2.24, 2.45) is 0 Å². The number of nitrogens with zero attached hydrogens (tertiary/aromatic N) is 2. The van der Waals surface area contributed by atoms with Crippen LogP contribution in [0.3, 0.4) is 0 Å². The Labute approximate surface area is 121 Å². The van der Waals surface area contributed by atoms with Gasteiger partial charge >= 0.3 is 5.97 Å². The Balaban J connectivity index is 2.14. The molecule has 21 heavy (non-hydrogen) atoms. The predicted octanol–water partition coefficient (Wildman–Crippen LogP) is 1.47. The highest BCUT2D eigenvalue weighted by Gasteiger charge is 2.20. The van der Waals surface area contributed by atoms with E-state index in [1.54, 1.807) is 0 Å². The average molecular weight is 286 g/mol. The smallest absolute Gasteiger partial charge is 0.372 e. The number of rotatable bonds is 6. The van der Waals surface area contributed by atoms with Gasteiger partial charge in [-0.05, 0) is 18.6 Å². The number of hydrogen-bond donors (Lipinski definition) is 1. The fourth-order valence-corrected chi connectivity index (χ4v) is 1.87. The average Bonchev–Trinajstić information content (AvgIpc) is 2.89. The molecule has 1 aromatic heterocycles. The Morgan fingerprint density at radius 2 is 1.81 bits per heavy atom. The Bertz CT molecular complexity index is 686. The monoisotopic (exact) mass is 286 g/mol. The number of carboxylic acids is 1. The van der Waals surface area contributed by atoms with Crippen LogP contribution in [0.4, 0.5) is 0 Å². The summed E-state index contributed by atoms with van der Waals surface area (Å²) in [6.07, 6.45) is 0.793. The maximum absolute atomic E-state index is 11.9. The zero-order chi connectivity index (χ0) is 15.4. The Morgan fingerprint density at radius 1 is 1.14 bits per heavy atom. The van der Waals surface area contributed by atoms with Crippen molar-refractivity contribution >= 4 is 17.5 Å². The van der Waals surface area contributed by atoms with Crippen LogP contribution in [-0.2, 0) is 16.1 Å². The second kappa shape index (κ2) is 6.13. The molecule has 6 nitrogen and oxygen atoms in total. The van der Waals surface area contributed by atoms with Crippen LogP contribution in [0.15, 0.2) is 36.5 Å². The number of hydrogen-bond acceptors (Lipinski definition) is 4. The number of Topliss-reactive ketones (excluding diaryl/α,β-unsaturated/α-hetero) is 2. The minimum atomic E-state index is -1.60. The van der Waals surface area contributed by atoms with E-state index in [0.717, 1.165) is 11.1 Å². The molecule has 0 aliphatic rings. The molecule has 0 spiro atoms. The highest BCUT2D eigenvalue weighted by Crippen LogP contribution is 2.09. The number of carbonyl (C=O) groups excluding carboxylic acids is 2. The lowest BCUT2D eigenvalue weighted by molar-refractivity contribution is -0.148. The summed E-state index contributed by atoms with van der Waals surface area (Å²) in [7, 11) is 0. The van der Waals surface area contributed by atoms with Gasteiger partial charge in [-0.15, -0.1) is 0 Å². The van der Waals surface area contributed by atoms with Gasteiger partial charge in [0.15, 0.2) is 5.78 Å². The van der Waals surface area contributed by atoms with Crippen molar-refractivity contribution in [3.63, 3.8) is 0 Å². The molecule has 1 heterocycles. The normalized spacial score (nSPS) is 10.3. The van der Waals surface area contributed by atoms with Gasteiger partial charge in [0.05, 0.1) is 13.0 Å². The van der Waals surface area contributed by atoms with Gasteiger partial charge in [0.25, 0.3) is 0 Å². The summed E-state index contributed by atoms with van der Waals surface area (Å²) in [5.74, 6) is -3.27. The van der Waals surface area contributed by atoms with E-state index in [-0.39, 0.29) is 5.69 Å². The van der Waals surface area contributed by atoms with Crippen LogP contribution >= 0.6 is 0 Å². The Morgan fingerprint density at radius 3 is 2.43 bits per heavy atom. The Kier molecular flexibility index (Phi) is 4.27. The molecule has 2 aromatic rings. The number of carbonyl (C=O) groups is 3. The number of aromatic nitrogens is 2. The van der Waals surface area contributed by atoms with E-state index >= 15 is 0 Å². The van der Waals surface area contributed by atoms with Crippen LogP contribution < -0.4 is 0 Å². The number of aryl methyl sites for hydroxylation is 1. The SMILES string of the molecule is Cc1ccc(Cn2nccc2C(=O)CC(=O)C(=O)O)cc1. The lowest BCUT2D eigenvalue weighted by Gasteiger charge is -2.06. The summed E-state index contributed by atoms with van der Waals surface area (Å²) in [6.45, 7) is 2.36. The van der Waals surface area contributed by atoms with Crippen molar-refractivity contribution in [2.75, 3.05) is 0 Å². The topological polar surface area (TPSA) is 89.3 Å². The molecule has 0 atom stereocenters. The molecule has 2 rings (SSSR count). The zero-order valence-corrected chi connectivity index (χ0v) is 11.4. The van der Waals surface area contributed by atoms with E-state index in [1.165, 1.54) is 16.9 Å². The molecule has 0 saturated carbocycles. The first-order valence-electron chi connectivity index (χ1n) is 6.34. The fraction of sp³-hybridized carbons (Fsp3) is 0.200. The molecular formula is C15H14N2O4. The van der Waals surface area contributed by atoms with E-state index in [9.17, 15) is 14.4 Å². The van der Waals surface area contributed by atoms with Gasteiger partial charge in [-0.1, -0.05) is 29.8 Å². The second-order valence-corrected chi connectivity index (χ2v) is 4.69. The van der Waals surface area contributed by atoms with Crippen LogP contribution in [0.2, 0.25) is 0 Å². The van der Waals surface area contributed by atoms with Crippen molar-refractivity contribution in [3.8, 4) is 0 Å². The van der Waals surface area contributed by atoms with E-state index in [1.807, 2.05) is 31.2 Å². The third-order valence-electron chi connectivity index (χ3n) is 3.01. The molecular weight excluding hydrogens is 272 g/mol. The molecule has 0 radical (unpaired) electrons. The standard InChI is InChI=1S/C15H14N2O4/c1-10-2-4-11(5-3-10)9-17-12(6-7-16-17)13(18)8-14(19)15(20)21/h2-7H,8-9H2,1H3,(H,20,21). The van der Waals surface area contributed by atoms with Gasteiger partial charge in [-0.25, -0.2) is 4.79 Å². The first kappa shape index (κ1) is 14.6. The van der Waals surface area contributed by atoms with Crippen LogP contribution in [0.5, 0.6) is 0 Å². The molecule has 0 saturated heterocycles. The van der Waals surface area contributed by atoms with Gasteiger partial charge < -0.3 is 5.11 Å². The molecule has 0 aliphatic carbocycles. The maximum Gasteiger partial charge on any atom is 0.372 e. The van der Waals surface area contributed by atoms with Crippen molar-refractivity contribution in [3.05, 3.63) is 53.3 Å². The van der Waals surface area contributed by atoms with E-state index in [2.05, 4.69) is 5.10 Å². The van der Waals surface area contributed by atoms with Crippen LogP contribution in [-0.4, -0.2) is 32.4 Å². The molecule has 1 N–H and O–H groups in total. The molecule has 0 amide bonds. The third kappa shape index (κ3) is 3.62. The van der Waals surface area contributed by atoms with Gasteiger partial charge in [0.1, 0.15) is 5.69 Å². The summed E-state index contributed by atoms with van der Waals surface area (Å²) in [5, 5.41) is 12.6. The van der Waals surface area contributed by atoms with Gasteiger partial charge in [-0.3, -0.25) is 14.3 Å². The predicted molar refractivity (Wildman–Crippen MR) is 74.1 cm³/mol. The van der Waals surface area contributed by atoms with E-state index in [0.29, 0.717) is 6.54 Å². The van der Waals surface area contributed by atoms with Gasteiger partial charge in [0, 0.05) is 6.20 Å². The zero-order valence-electron chi connectivity index (χ0n) is 11.4. The third-order valence-corrected chi connectivity index (χ3v) is 3.01. The molecule has 1 aromatic carbocycles. The summed E-state index contributed by atoms with van der Waals surface area (Å²) in [4.78, 5) is 33.5. The van der Waals surface area contributed by atoms with E-state index < -0.39 is 24.0 Å². The molecule has 108 valence electrons. The summed E-state index contributed by atoms with van der Waals surface area (Å²) >= 11 is 0. The first-order valence-corrected chi connectivity index (χ1v) is 6.34. The van der Waals surface area contributed by atoms with Crippen molar-refractivity contribution in [2.45, 2.75) is 19.9 Å². The molecule has 0 bridgehead atoms. The summed E-state index contributed by atoms with van der Waals surface area (Å²) in [6, 6.07) is 9.23. The minimum Gasteiger partial charge on any atom is -0.475 e. The van der Waals surface area contributed by atoms with E-state index in [4.69, 9.17) is 5.11 Å². The summed E-state index contributed by atoms with van der Waals surface area (Å²) < 4.78 is 1.46. The van der Waals surface area contributed by atoms with Crippen molar-refractivity contribution < 1.29 is 19.5 Å². The Hall–Kier alpha value is -2.76. The number of ketones is 2. The van der Waals surface area contributed by atoms with Gasteiger partial charge in [-0.2, -0.15) is 5.10 Å². The molecule has 0 aliphatic heterocycles. The largest absolute Gasteiger partial charge is 0.475 e. The van der Waals surface area contributed by atoms with Crippen LogP contribution in [0.25, 0.3) is 0 Å². The van der Waals surface area contributed by atoms with Crippen molar-refractivity contribution in [1.82, 2.24) is 9.78 Å². The first-order chi connectivity index (χ1) is 9.97. The summed E-state index contributed by atoms with van der Waals surface area (Å²) in [5.41, 5.74) is 2.32. The lowest BCUT2D eigenvalue weighted by atomic mass is 10.1. The number of carboxylic acid groups (broad SMARTS) is 1. The van der Waals surface area contributed by atoms with Crippen LogP contribution in [0, 0.1) is 6.92 Å². The lowest BCUT2D eigenvalue weighted by Crippen LogP contribution is -2.19. The van der Waals surface area contributed by atoms with Crippen LogP contribution in [0.1, 0.15) is 28.0 Å². The molecule has 0 fully saturated rings. The molecule has 6 heteroatoms. The van der Waals surface area contributed by atoms with Crippen molar-refractivity contribution in [1.29, 1.82) is 0 Å². The highest BCUT2D eigenvalue weighted by molar-refractivity contribution is 6.37. The minimum absolute atomic E-state index is 0.227. The fourth-order valence-electron chi connectivity index (χ4n) is 1.87. The number of benzene rings is 1.